The molecule has 0 radical (unpaired) electrons. The Kier molecular flexibility index (Phi) is 56.2. The summed E-state index contributed by atoms with van der Waals surface area (Å²) in [7, 11) is -4.75. The molecule has 76 heavy (non-hydrogen) atoms. The van der Waals surface area contributed by atoms with Gasteiger partial charge < -0.3 is 24.2 Å². The molecule has 0 heterocycles. The molecule has 0 fully saturated rings. The third-order valence-corrected chi connectivity index (χ3v) is 14.4. The number of esters is 3. The standard InChI is InChI=1S/C64H115O11P/c1-4-7-10-13-16-19-22-24-26-28-30-32-34-36-39-41-44-47-50-53-62(66)71-57-61(75-64(68)55-52-49-46-43-40-37-35-33-31-29-27-25-23-20-17-14-11-8-5-2)59-73-76(69,70)72-58-60(56-65)74-63(67)54-51-48-45-42-38-21-18-15-12-9-6-3/h7,10,16,19,24,26,30,32,36,39,60-61,65H,4-6,8-9,11-15,17-18,20-23,25,27-29,31,33-35,37-38,40-59H2,1-3H3,(H,69,70)/b10-7-,19-16-,26-24-,32-30-,39-36-. The fraction of sp³-hybridized carbons (Fsp3) is 0.797. The minimum absolute atomic E-state index is 0.164. The SMILES string of the molecule is CC/C=C\C/C=C\C/C=C\C/C=C\C/C=C\CCCCCC(=O)OCC(COP(=O)(O)OCC(CO)OC(=O)CCCCCCCCCCCCC)OC(=O)CCCCCCCCCCCCCCCCCCCCC. The summed E-state index contributed by atoms with van der Waals surface area (Å²) < 4.78 is 39.6. The Morgan fingerprint density at radius 2 is 0.684 bits per heavy atom. The fourth-order valence-electron chi connectivity index (χ4n) is 8.74. The van der Waals surface area contributed by atoms with Crippen molar-refractivity contribution in [3.05, 3.63) is 60.8 Å². The molecule has 0 aliphatic rings. The second-order valence-corrected chi connectivity index (χ2v) is 22.3. The molecule has 0 amide bonds. The monoisotopic (exact) mass is 1090 g/mol. The molecule has 11 nitrogen and oxygen atoms in total. The first kappa shape index (κ1) is 73.2. The van der Waals surface area contributed by atoms with E-state index in [-0.39, 0.29) is 25.9 Å². The highest BCUT2D eigenvalue weighted by molar-refractivity contribution is 7.47. The highest BCUT2D eigenvalue weighted by Gasteiger charge is 2.28. The topological polar surface area (TPSA) is 155 Å². The number of hydrogen-bond acceptors (Lipinski definition) is 10. The van der Waals surface area contributed by atoms with Crippen LogP contribution in [0.25, 0.3) is 0 Å². The lowest BCUT2D eigenvalue weighted by Gasteiger charge is -2.21. The lowest BCUT2D eigenvalue weighted by molar-refractivity contribution is -0.161. The normalized spacial score (nSPS) is 13.7. The molecule has 0 saturated carbocycles. The molecule has 0 saturated heterocycles. The van der Waals surface area contributed by atoms with Crippen molar-refractivity contribution in [2.75, 3.05) is 26.4 Å². The summed E-state index contributed by atoms with van der Waals surface area (Å²) >= 11 is 0. The van der Waals surface area contributed by atoms with Crippen molar-refractivity contribution >= 4 is 25.7 Å². The molecular weight excluding hydrogens is 976 g/mol. The van der Waals surface area contributed by atoms with Crippen LogP contribution in [0.15, 0.2) is 60.8 Å². The van der Waals surface area contributed by atoms with E-state index in [0.29, 0.717) is 19.3 Å². The lowest BCUT2D eigenvalue weighted by atomic mass is 10.0. The first-order chi connectivity index (χ1) is 37.2. The van der Waals surface area contributed by atoms with Gasteiger partial charge in [-0.05, 0) is 64.2 Å². The van der Waals surface area contributed by atoms with Crippen LogP contribution in [0.2, 0.25) is 0 Å². The van der Waals surface area contributed by atoms with Crippen molar-refractivity contribution in [2.45, 2.75) is 303 Å². The third kappa shape index (κ3) is 55.9. The summed E-state index contributed by atoms with van der Waals surface area (Å²) in [6, 6.07) is 0. The zero-order valence-corrected chi connectivity index (χ0v) is 49.9. The minimum Gasteiger partial charge on any atom is -0.462 e. The number of carbonyl (C=O) groups excluding carboxylic acids is 3. The second-order valence-electron chi connectivity index (χ2n) is 20.9. The summed E-state index contributed by atoms with van der Waals surface area (Å²) in [5.74, 6) is -1.49. The smallest absolute Gasteiger partial charge is 0.462 e. The van der Waals surface area contributed by atoms with Crippen molar-refractivity contribution < 1.29 is 52.2 Å². The van der Waals surface area contributed by atoms with Crippen LogP contribution < -0.4 is 0 Å². The van der Waals surface area contributed by atoms with Crippen LogP contribution in [-0.4, -0.2) is 66.5 Å². The Balaban J connectivity index is 4.73. The van der Waals surface area contributed by atoms with Crippen LogP contribution in [0.5, 0.6) is 0 Å². The number of allylic oxidation sites excluding steroid dienone is 10. The molecule has 0 aliphatic heterocycles. The van der Waals surface area contributed by atoms with Crippen molar-refractivity contribution in [3.8, 4) is 0 Å². The van der Waals surface area contributed by atoms with Gasteiger partial charge in [0.25, 0.3) is 0 Å². The lowest BCUT2D eigenvalue weighted by Crippen LogP contribution is -2.30. The number of ether oxygens (including phenoxy) is 3. The predicted molar refractivity (Wildman–Crippen MR) is 316 cm³/mol. The molecule has 12 heteroatoms. The molecule has 0 aromatic carbocycles. The van der Waals surface area contributed by atoms with E-state index >= 15 is 0 Å². The van der Waals surface area contributed by atoms with Gasteiger partial charge in [-0.1, -0.05) is 268 Å². The molecule has 0 bridgehead atoms. The fourth-order valence-corrected chi connectivity index (χ4v) is 9.52. The van der Waals surface area contributed by atoms with E-state index in [2.05, 4.69) is 81.5 Å². The number of aliphatic hydroxyl groups is 1. The highest BCUT2D eigenvalue weighted by atomic mass is 31.2. The molecule has 0 aromatic heterocycles. The maximum Gasteiger partial charge on any atom is 0.472 e. The molecule has 2 N–H and O–H groups in total. The van der Waals surface area contributed by atoms with Gasteiger partial charge in [0.05, 0.1) is 19.8 Å². The van der Waals surface area contributed by atoms with E-state index < -0.39 is 57.8 Å². The summed E-state index contributed by atoms with van der Waals surface area (Å²) in [5.41, 5.74) is 0. The van der Waals surface area contributed by atoms with Crippen LogP contribution in [0.4, 0.5) is 0 Å². The molecule has 3 atom stereocenters. The van der Waals surface area contributed by atoms with Crippen LogP contribution in [0.3, 0.4) is 0 Å². The Morgan fingerprint density at radius 1 is 0.382 bits per heavy atom. The van der Waals surface area contributed by atoms with Crippen molar-refractivity contribution in [1.29, 1.82) is 0 Å². The summed E-state index contributed by atoms with van der Waals surface area (Å²) in [6.45, 7) is 4.53. The van der Waals surface area contributed by atoms with E-state index in [1.54, 1.807) is 0 Å². The number of carbonyl (C=O) groups is 3. The van der Waals surface area contributed by atoms with Gasteiger partial charge in [-0.25, -0.2) is 4.57 Å². The van der Waals surface area contributed by atoms with Gasteiger partial charge in [-0.3, -0.25) is 23.4 Å². The van der Waals surface area contributed by atoms with Crippen molar-refractivity contribution in [1.82, 2.24) is 0 Å². The van der Waals surface area contributed by atoms with Gasteiger partial charge >= 0.3 is 25.7 Å². The third-order valence-electron chi connectivity index (χ3n) is 13.5. The summed E-state index contributed by atoms with van der Waals surface area (Å²) in [5, 5.41) is 9.81. The zero-order valence-electron chi connectivity index (χ0n) is 49.0. The molecule has 0 aliphatic carbocycles. The molecule has 0 spiro atoms. The molecule has 0 rings (SSSR count). The van der Waals surface area contributed by atoms with E-state index in [9.17, 15) is 28.9 Å². The van der Waals surface area contributed by atoms with Gasteiger partial charge in [-0.2, -0.15) is 0 Å². The van der Waals surface area contributed by atoms with Crippen molar-refractivity contribution in [3.63, 3.8) is 0 Å². The van der Waals surface area contributed by atoms with E-state index in [0.717, 1.165) is 89.9 Å². The van der Waals surface area contributed by atoms with Crippen LogP contribution in [0, 0.1) is 0 Å². The first-order valence-electron chi connectivity index (χ1n) is 31.2. The Hall–Kier alpha value is -2.82. The van der Waals surface area contributed by atoms with Crippen LogP contribution >= 0.6 is 7.82 Å². The minimum atomic E-state index is -4.75. The maximum absolute atomic E-state index is 12.9. The molecule has 0 aromatic rings. The van der Waals surface area contributed by atoms with Gasteiger partial charge in [0.2, 0.25) is 0 Å². The summed E-state index contributed by atoms with van der Waals surface area (Å²) in [4.78, 5) is 48.6. The predicted octanol–water partition coefficient (Wildman–Crippen LogP) is 18.7. The van der Waals surface area contributed by atoms with Gasteiger partial charge in [-0.15, -0.1) is 0 Å². The average molecular weight is 1090 g/mol. The Bertz CT molecular complexity index is 1510. The summed E-state index contributed by atoms with van der Waals surface area (Å²) in [6.07, 6.45) is 64.7. The van der Waals surface area contributed by atoms with Crippen molar-refractivity contribution in [2.24, 2.45) is 0 Å². The second kappa shape index (κ2) is 58.3. The van der Waals surface area contributed by atoms with Crippen LogP contribution in [-0.2, 0) is 42.2 Å². The Morgan fingerprint density at radius 3 is 1.05 bits per heavy atom. The number of rotatable bonds is 58. The largest absolute Gasteiger partial charge is 0.472 e. The molecule has 442 valence electrons. The number of aliphatic hydroxyl groups excluding tert-OH is 1. The van der Waals surface area contributed by atoms with Crippen LogP contribution in [0.1, 0.15) is 290 Å². The van der Waals surface area contributed by atoms with Gasteiger partial charge in [0.1, 0.15) is 12.7 Å². The number of hydrogen-bond donors (Lipinski definition) is 2. The maximum atomic E-state index is 12.9. The number of phosphoric ester groups is 1. The number of unbranched alkanes of at least 4 members (excludes halogenated alkanes) is 31. The van der Waals surface area contributed by atoms with E-state index in [1.165, 1.54) is 141 Å². The van der Waals surface area contributed by atoms with E-state index in [1.807, 2.05) is 0 Å². The Labute approximate surface area is 465 Å². The van der Waals surface area contributed by atoms with Gasteiger partial charge in [0, 0.05) is 19.3 Å². The first-order valence-corrected chi connectivity index (χ1v) is 32.7. The number of phosphoric acid groups is 1. The quantitative estimate of drug-likeness (QED) is 0.0197. The molecule has 3 unspecified atom stereocenters. The highest BCUT2D eigenvalue weighted by Crippen LogP contribution is 2.43. The van der Waals surface area contributed by atoms with Gasteiger partial charge in [0.15, 0.2) is 6.10 Å². The van der Waals surface area contributed by atoms with E-state index in [4.69, 9.17) is 23.3 Å². The molecular formula is C64H115O11P. The average Bonchev–Trinajstić information content (AvgIpc) is 3.41. The zero-order chi connectivity index (χ0) is 55.5.